The van der Waals surface area contributed by atoms with E-state index < -0.39 is 0 Å². The summed E-state index contributed by atoms with van der Waals surface area (Å²) in [5.74, 6) is 5.82. The van der Waals surface area contributed by atoms with Crippen LogP contribution in [-0.4, -0.2) is 18.0 Å². The molecule has 2 nitrogen and oxygen atoms in total. The Morgan fingerprint density at radius 3 is 2.86 bits per heavy atom. The summed E-state index contributed by atoms with van der Waals surface area (Å²) in [7, 11) is 0. The zero-order valence-corrected chi connectivity index (χ0v) is 7.86. The van der Waals surface area contributed by atoms with Gasteiger partial charge in [-0.3, -0.25) is 4.79 Å². The minimum Gasteiger partial charge on any atom is -0.396 e. The lowest BCUT2D eigenvalue weighted by molar-refractivity contribution is 0.112. The van der Waals surface area contributed by atoms with Gasteiger partial charge in [0.15, 0.2) is 6.29 Å². The third kappa shape index (κ3) is 3.04. The molecule has 0 fully saturated rings. The van der Waals surface area contributed by atoms with E-state index in [9.17, 15) is 4.79 Å². The van der Waals surface area contributed by atoms with Crippen LogP contribution in [0.5, 0.6) is 0 Å². The third-order valence-electron chi connectivity index (χ3n) is 1.77. The molecule has 0 aliphatic carbocycles. The van der Waals surface area contributed by atoms with Crippen LogP contribution in [0.1, 0.15) is 28.8 Å². The van der Waals surface area contributed by atoms with Gasteiger partial charge in [-0.2, -0.15) is 0 Å². The van der Waals surface area contributed by atoms with E-state index in [2.05, 4.69) is 11.8 Å². The van der Waals surface area contributed by atoms with E-state index >= 15 is 0 Å². The number of hydrogen-bond donors (Lipinski definition) is 1. The van der Waals surface area contributed by atoms with E-state index in [4.69, 9.17) is 5.11 Å². The summed E-state index contributed by atoms with van der Waals surface area (Å²) in [6.45, 7) is 0.157. The quantitative estimate of drug-likeness (QED) is 0.444. The van der Waals surface area contributed by atoms with Crippen LogP contribution in [0.4, 0.5) is 0 Å². The van der Waals surface area contributed by atoms with Crippen molar-refractivity contribution < 1.29 is 9.90 Å². The zero-order chi connectivity index (χ0) is 10.2. The Bertz CT molecular complexity index is 358. The lowest BCUT2D eigenvalue weighted by atomic mass is 10.1. The molecule has 0 saturated carbocycles. The lowest BCUT2D eigenvalue weighted by Crippen LogP contribution is -1.85. The zero-order valence-electron chi connectivity index (χ0n) is 7.86. The Morgan fingerprint density at radius 2 is 2.14 bits per heavy atom. The van der Waals surface area contributed by atoms with E-state index in [1.165, 1.54) is 0 Å². The normalized spacial score (nSPS) is 8.93. The monoisotopic (exact) mass is 188 g/mol. The van der Waals surface area contributed by atoms with Crippen LogP contribution in [0.15, 0.2) is 24.3 Å². The molecule has 72 valence electrons. The van der Waals surface area contributed by atoms with Crippen LogP contribution < -0.4 is 0 Å². The average molecular weight is 188 g/mol. The van der Waals surface area contributed by atoms with Crippen molar-refractivity contribution >= 4 is 6.29 Å². The Balaban J connectivity index is 2.73. The molecule has 2 heteroatoms. The standard InChI is InChI=1S/C12H12O2/c13-9-5-1-2-6-11-7-3-4-8-12(11)10-14/h3-4,7-8,10,13H,1,5,9H2. The highest BCUT2D eigenvalue weighted by atomic mass is 16.2. The second-order valence-electron chi connectivity index (χ2n) is 2.83. The van der Waals surface area contributed by atoms with Gasteiger partial charge in [-0.05, 0) is 12.5 Å². The second kappa shape index (κ2) is 5.95. The highest BCUT2D eigenvalue weighted by Crippen LogP contribution is 2.03. The van der Waals surface area contributed by atoms with Crippen LogP contribution in [0.3, 0.4) is 0 Å². The smallest absolute Gasteiger partial charge is 0.151 e. The third-order valence-corrected chi connectivity index (χ3v) is 1.77. The van der Waals surface area contributed by atoms with E-state index in [0.717, 1.165) is 11.8 Å². The minimum atomic E-state index is 0.157. The predicted molar refractivity (Wildman–Crippen MR) is 55.0 cm³/mol. The molecular weight excluding hydrogens is 176 g/mol. The molecule has 0 aliphatic rings. The number of carbonyl (C=O) groups is 1. The number of unbranched alkanes of at least 4 members (excludes halogenated alkanes) is 1. The van der Waals surface area contributed by atoms with Gasteiger partial charge in [0.2, 0.25) is 0 Å². The van der Waals surface area contributed by atoms with E-state index in [0.29, 0.717) is 18.4 Å². The fourth-order valence-corrected chi connectivity index (χ4v) is 1.04. The molecule has 14 heavy (non-hydrogen) atoms. The van der Waals surface area contributed by atoms with Crippen molar-refractivity contribution in [3.8, 4) is 11.8 Å². The lowest BCUT2D eigenvalue weighted by Gasteiger charge is -1.93. The van der Waals surface area contributed by atoms with Gasteiger partial charge >= 0.3 is 0 Å². The fraction of sp³-hybridized carbons (Fsp3) is 0.250. The van der Waals surface area contributed by atoms with E-state index in [1.807, 2.05) is 18.2 Å². The molecule has 0 heterocycles. The number of aldehydes is 1. The number of carbonyl (C=O) groups excluding carboxylic acids is 1. The molecule has 0 saturated heterocycles. The first-order valence-corrected chi connectivity index (χ1v) is 4.52. The van der Waals surface area contributed by atoms with Gasteiger partial charge in [-0.25, -0.2) is 0 Å². The summed E-state index contributed by atoms with van der Waals surface area (Å²) >= 11 is 0. The number of aliphatic hydroxyl groups excluding tert-OH is 1. The molecule has 0 aromatic heterocycles. The van der Waals surface area contributed by atoms with E-state index in [1.54, 1.807) is 6.07 Å². The minimum absolute atomic E-state index is 0.157. The second-order valence-corrected chi connectivity index (χ2v) is 2.83. The summed E-state index contributed by atoms with van der Waals surface area (Å²) in [5.41, 5.74) is 1.37. The van der Waals surface area contributed by atoms with Crippen LogP contribution >= 0.6 is 0 Å². The van der Waals surface area contributed by atoms with Crippen molar-refractivity contribution in [1.29, 1.82) is 0 Å². The van der Waals surface area contributed by atoms with Crippen LogP contribution in [0.25, 0.3) is 0 Å². The predicted octanol–water partition coefficient (Wildman–Crippen LogP) is 1.62. The maximum absolute atomic E-state index is 10.6. The van der Waals surface area contributed by atoms with Gasteiger partial charge in [0.05, 0.1) is 0 Å². The van der Waals surface area contributed by atoms with Gasteiger partial charge in [0.1, 0.15) is 0 Å². The molecule has 0 amide bonds. The van der Waals surface area contributed by atoms with Gasteiger partial charge in [-0.15, -0.1) is 0 Å². The molecule has 0 bridgehead atoms. The molecule has 1 rings (SSSR count). The SMILES string of the molecule is O=Cc1ccccc1C#CCCCO. The molecule has 1 aromatic carbocycles. The molecule has 0 spiro atoms. The fourth-order valence-electron chi connectivity index (χ4n) is 1.04. The van der Waals surface area contributed by atoms with Crippen molar-refractivity contribution in [2.45, 2.75) is 12.8 Å². The molecule has 0 unspecified atom stereocenters. The van der Waals surface area contributed by atoms with Crippen molar-refractivity contribution in [3.05, 3.63) is 35.4 Å². The van der Waals surface area contributed by atoms with Crippen molar-refractivity contribution in [2.24, 2.45) is 0 Å². The number of aliphatic hydroxyl groups is 1. The van der Waals surface area contributed by atoms with Crippen LogP contribution in [-0.2, 0) is 0 Å². The van der Waals surface area contributed by atoms with Gasteiger partial charge in [0.25, 0.3) is 0 Å². The first-order chi connectivity index (χ1) is 6.88. The van der Waals surface area contributed by atoms with Gasteiger partial charge < -0.3 is 5.11 Å². The highest BCUT2D eigenvalue weighted by Gasteiger charge is 1.94. The largest absolute Gasteiger partial charge is 0.396 e. The van der Waals surface area contributed by atoms with Crippen molar-refractivity contribution in [3.63, 3.8) is 0 Å². The van der Waals surface area contributed by atoms with Crippen LogP contribution in [0, 0.1) is 11.8 Å². The summed E-state index contributed by atoms with van der Waals surface area (Å²) in [6, 6.07) is 7.21. The maximum atomic E-state index is 10.6. The summed E-state index contributed by atoms with van der Waals surface area (Å²) in [4.78, 5) is 10.6. The summed E-state index contributed by atoms with van der Waals surface area (Å²) in [5, 5.41) is 8.54. The summed E-state index contributed by atoms with van der Waals surface area (Å²) < 4.78 is 0. The van der Waals surface area contributed by atoms with Crippen LogP contribution in [0.2, 0.25) is 0 Å². The van der Waals surface area contributed by atoms with Crippen molar-refractivity contribution in [2.75, 3.05) is 6.61 Å². The number of hydrogen-bond acceptors (Lipinski definition) is 2. The molecule has 1 aromatic rings. The summed E-state index contributed by atoms with van der Waals surface area (Å²) in [6.07, 6.45) is 2.13. The Morgan fingerprint density at radius 1 is 1.36 bits per heavy atom. The average Bonchev–Trinajstić information content (AvgIpc) is 2.25. The topological polar surface area (TPSA) is 37.3 Å². The first kappa shape index (κ1) is 10.5. The first-order valence-electron chi connectivity index (χ1n) is 4.52. The van der Waals surface area contributed by atoms with Crippen molar-refractivity contribution in [1.82, 2.24) is 0 Å². The van der Waals surface area contributed by atoms with Gasteiger partial charge in [-0.1, -0.05) is 30.0 Å². The molecule has 0 atom stereocenters. The number of rotatable bonds is 3. The molecule has 1 N–H and O–H groups in total. The Labute approximate surface area is 83.6 Å². The molecular formula is C12H12O2. The Hall–Kier alpha value is -1.59. The van der Waals surface area contributed by atoms with E-state index in [-0.39, 0.29) is 6.61 Å². The number of benzene rings is 1. The molecule has 0 aliphatic heterocycles. The van der Waals surface area contributed by atoms with Gasteiger partial charge in [0, 0.05) is 24.2 Å². The Kier molecular flexibility index (Phi) is 4.46. The highest BCUT2D eigenvalue weighted by molar-refractivity contribution is 5.79. The molecule has 0 radical (unpaired) electrons. The maximum Gasteiger partial charge on any atom is 0.151 e.